The predicted molar refractivity (Wildman–Crippen MR) is 68.7 cm³/mol. The van der Waals surface area contributed by atoms with Gasteiger partial charge in [0.25, 0.3) is 0 Å². The number of benzene rings is 1. The van der Waals surface area contributed by atoms with Crippen LogP contribution in [-0.4, -0.2) is 17.1 Å². The maximum Gasteiger partial charge on any atom is 0.231 e. The van der Waals surface area contributed by atoms with E-state index in [1.165, 1.54) is 0 Å². The van der Waals surface area contributed by atoms with Crippen molar-refractivity contribution in [3.05, 3.63) is 35.5 Å². The summed E-state index contributed by atoms with van der Waals surface area (Å²) in [6, 6.07) is 10.2. The summed E-state index contributed by atoms with van der Waals surface area (Å²) in [6.45, 7) is 0.544. The molecule has 0 bridgehead atoms. The number of carbonyl (C=O) groups excluding carboxylic acids is 1. The first-order valence-electron chi connectivity index (χ1n) is 6.48. The molecule has 0 saturated carbocycles. The van der Waals surface area contributed by atoms with Gasteiger partial charge in [-0.05, 0) is 18.1 Å². The van der Waals surface area contributed by atoms with Gasteiger partial charge in [0.15, 0.2) is 5.60 Å². The summed E-state index contributed by atoms with van der Waals surface area (Å²) in [5.41, 5.74) is 1.86. The molecule has 4 heteroatoms. The number of hydrogen-bond donors (Lipinski definition) is 0. The first kappa shape index (κ1) is 10.8. The molecule has 0 amide bonds. The van der Waals surface area contributed by atoms with Crippen LogP contribution in [0.1, 0.15) is 28.9 Å². The highest BCUT2D eigenvalue weighted by Crippen LogP contribution is 2.44. The van der Waals surface area contributed by atoms with Crippen LogP contribution in [0.25, 0.3) is 10.9 Å². The highest BCUT2D eigenvalue weighted by atomic mass is 16.5. The molecule has 1 aromatic heterocycles. The summed E-state index contributed by atoms with van der Waals surface area (Å²) in [4.78, 5) is 12.3. The molecule has 0 aliphatic carbocycles. The minimum Gasteiger partial charge on any atom is -0.354 e. The van der Waals surface area contributed by atoms with E-state index in [0.717, 1.165) is 28.6 Å². The van der Waals surface area contributed by atoms with Gasteiger partial charge in [-0.1, -0.05) is 18.2 Å². The summed E-state index contributed by atoms with van der Waals surface area (Å²) in [6.07, 6.45) is 1.59. The van der Waals surface area contributed by atoms with Crippen molar-refractivity contribution in [2.75, 3.05) is 6.61 Å². The second-order valence-corrected chi connectivity index (χ2v) is 5.11. The second-order valence-electron chi connectivity index (χ2n) is 5.11. The van der Waals surface area contributed by atoms with Crippen LogP contribution in [0.3, 0.4) is 0 Å². The molecule has 0 fully saturated rings. The number of nitriles is 1. The van der Waals surface area contributed by atoms with E-state index in [0.29, 0.717) is 19.4 Å². The molecule has 0 saturated heterocycles. The van der Waals surface area contributed by atoms with E-state index in [-0.39, 0.29) is 5.91 Å². The molecular formula is C15H12N2O2. The third-order valence-corrected chi connectivity index (χ3v) is 4.18. The van der Waals surface area contributed by atoms with E-state index >= 15 is 0 Å². The molecule has 1 aromatic carbocycles. The highest BCUT2D eigenvalue weighted by molar-refractivity contribution is 5.97. The van der Waals surface area contributed by atoms with Crippen molar-refractivity contribution >= 4 is 16.8 Å². The van der Waals surface area contributed by atoms with Crippen molar-refractivity contribution in [3.63, 3.8) is 0 Å². The molecule has 3 heterocycles. The lowest BCUT2D eigenvalue weighted by molar-refractivity contribution is -0.0331. The lowest BCUT2D eigenvalue weighted by Crippen LogP contribution is -2.41. The van der Waals surface area contributed by atoms with Gasteiger partial charge >= 0.3 is 0 Å². The summed E-state index contributed by atoms with van der Waals surface area (Å²) >= 11 is 0. The molecule has 2 aliphatic rings. The van der Waals surface area contributed by atoms with Gasteiger partial charge in [-0.3, -0.25) is 9.36 Å². The number of aromatic nitrogens is 1. The minimum absolute atomic E-state index is 0.0637. The quantitative estimate of drug-likeness (QED) is 0.723. The van der Waals surface area contributed by atoms with Crippen molar-refractivity contribution in [3.8, 4) is 6.07 Å². The fourth-order valence-electron chi connectivity index (χ4n) is 3.37. The zero-order chi connectivity index (χ0) is 13.0. The Kier molecular flexibility index (Phi) is 1.96. The van der Waals surface area contributed by atoms with Crippen LogP contribution >= 0.6 is 0 Å². The van der Waals surface area contributed by atoms with E-state index < -0.39 is 5.60 Å². The van der Waals surface area contributed by atoms with Gasteiger partial charge in [-0.25, -0.2) is 0 Å². The van der Waals surface area contributed by atoms with Crippen LogP contribution in [0.15, 0.2) is 24.3 Å². The van der Waals surface area contributed by atoms with Crippen LogP contribution in [0.5, 0.6) is 0 Å². The van der Waals surface area contributed by atoms with Crippen LogP contribution in [0, 0.1) is 11.3 Å². The Morgan fingerprint density at radius 3 is 3.00 bits per heavy atom. The number of nitrogens with zero attached hydrogens (tertiary/aromatic N) is 2. The van der Waals surface area contributed by atoms with Gasteiger partial charge in [-0.2, -0.15) is 5.26 Å². The molecule has 0 N–H and O–H groups in total. The molecule has 0 spiro atoms. The Morgan fingerprint density at radius 1 is 1.32 bits per heavy atom. The largest absolute Gasteiger partial charge is 0.354 e. The summed E-state index contributed by atoms with van der Waals surface area (Å²) in [5, 5.41) is 10.6. The molecular weight excluding hydrogens is 240 g/mol. The average Bonchev–Trinajstić information content (AvgIpc) is 2.80. The number of hydrogen-bond acceptors (Lipinski definition) is 3. The van der Waals surface area contributed by atoms with E-state index in [1.54, 1.807) is 4.57 Å². The lowest BCUT2D eigenvalue weighted by Gasteiger charge is -2.35. The van der Waals surface area contributed by atoms with Crippen molar-refractivity contribution in [2.24, 2.45) is 0 Å². The van der Waals surface area contributed by atoms with E-state index in [2.05, 4.69) is 6.07 Å². The maximum atomic E-state index is 12.3. The van der Waals surface area contributed by atoms with Crippen molar-refractivity contribution in [1.29, 1.82) is 5.26 Å². The van der Waals surface area contributed by atoms with E-state index in [9.17, 15) is 10.1 Å². The topological polar surface area (TPSA) is 55.0 Å². The molecule has 1 atom stereocenters. The standard InChI is InChI=1S/C15H12N2O2/c16-9-15-7-5-13(18)17-12-4-2-1-3-10(12)11(14(15)17)6-8-19-15/h1-4H,5-8H2. The molecule has 94 valence electrons. The summed E-state index contributed by atoms with van der Waals surface area (Å²) in [5.74, 6) is 0.0637. The lowest BCUT2D eigenvalue weighted by atomic mass is 9.86. The van der Waals surface area contributed by atoms with E-state index in [4.69, 9.17) is 4.74 Å². The number of ether oxygens (including phenoxy) is 1. The molecule has 2 aromatic rings. The Bertz CT molecular complexity index is 753. The molecule has 0 radical (unpaired) electrons. The van der Waals surface area contributed by atoms with E-state index in [1.807, 2.05) is 24.3 Å². The third-order valence-electron chi connectivity index (χ3n) is 4.18. The zero-order valence-corrected chi connectivity index (χ0v) is 10.3. The Morgan fingerprint density at radius 2 is 2.16 bits per heavy atom. The second kappa shape index (κ2) is 3.46. The smallest absolute Gasteiger partial charge is 0.231 e. The number of para-hydroxylation sites is 1. The van der Waals surface area contributed by atoms with Gasteiger partial charge in [0.2, 0.25) is 5.91 Å². The van der Waals surface area contributed by atoms with Gasteiger partial charge in [0.05, 0.1) is 17.8 Å². The Hall–Kier alpha value is -2.12. The van der Waals surface area contributed by atoms with Crippen LogP contribution in [0.4, 0.5) is 0 Å². The minimum atomic E-state index is -0.930. The van der Waals surface area contributed by atoms with Crippen molar-refractivity contribution in [2.45, 2.75) is 24.9 Å². The van der Waals surface area contributed by atoms with Crippen LogP contribution in [-0.2, 0) is 16.8 Å². The Labute approximate surface area is 110 Å². The normalized spacial score (nSPS) is 25.1. The van der Waals surface area contributed by atoms with Gasteiger partial charge < -0.3 is 4.74 Å². The third kappa shape index (κ3) is 1.18. The first-order valence-corrected chi connectivity index (χ1v) is 6.48. The number of carbonyl (C=O) groups is 1. The summed E-state index contributed by atoms with van der Waals surface area (Å²) < 4.78 is 7.47. The number of fused-ring (bicyclic) bond motifs is 3. The molecule has 4 rings (SSSR count). The predicted octanol–water partition coefficient (Wildman–Crippen LogP) is 2.37. The molecule has 1 unspecified atom stereocenters. The van der Waals surface area contributed by atoms with Crippen LogP contribution in [0.2, 0.25) is 0 Å². The first-order chi connectivity index (χ1) is 9.27. The zero-order valence-electron chi connectivity index (χ0n) is 10.3. The fourth-order valence-corrected chi connectivity index (χ4v) is 3.37. The molecule has 4 nitrogen and oxygen atoms in total. The number of rotatable bonds is 0. The monoisotopic (exact) mass is 252 g/mol. The van der Waals surface area contributed by atoms with Crippen LogP contribution < -0.4 is 0 Å². The highest BCUT2D eigenvalue weighted by Gasteiger charge is 2.46. The maximum absolute atomic E-state index is 12.3. The fraction of sp³-hybridized carbons (Fsp3) is 0.333. The van der Waals surface area contributed by atoms with Crippen molar-refractivity contribution < 1.29 is 9.53 Å². The average molecular weight is 252 g/mol. The molecule has 19 heavy (non-hydrogen) atoms. The van der Waals surface area contributed by atoms with Gasteiger partial charge in [0, 0.05) is 18.2 Å². The SMILES string of the molecule is N#CC12CCC(=O)n3c1c(c1ccccc13)CCO2. The Balaban J connectivity index is 2.20. The van der Waals surface area contributed by atoms with Gasteiger partial charge in [-0.15, -0.1) is 0 Å². The van der Waals surface area contributed by atoms with Gasteiger partial charge in [0.1, 0.15) is 6.07 Å². The van der Waals surface area contributed by atoms with Crippen molar-refractivity contribution in [1.82, 2.24) is 4.57 Å². The summed E-state index contributed by atoms with van der Waals surface area (Å²) in [7, 11) is 0. The molecule has 2 aliphatic heterocycles.